The molecule has 0 aliphatic heterocycles. The van der Waals surface area contributed by atoms with E-state index in [9.17, 15) is 0 Å². The number of benzene rings is 1. The Morgan fingerprint density at radius 3 is 2.12 bits per heavy atom. The van der Waals surface area contributed by atoms with Crippen LogP contribution in [-0.2, 0) is 6.42 Å². The summed E-state index contributed by atoms with van der Waals surface area (Å²) in [6.07, 6.45) is 5.76. The lowest BCUT2D eigenvalue weighted by atomic mass is 9.89. The molecule has 1 aromatic heterocycles. The molecular formula is C14H19N3. The van der Waals surface area contributed by atoms with Gasteiger partial charge in [-0.1, -0.05) is 32.9 Å². The highest BCUT2D eigenvalue weighted by atomic mass is 15.2. The first-order chi connectivity index (χ1) is 8.04. The Kier molecular flexibility index (Phi) is 3.27. The highest BCUT2D eigenvalue weighted by Crippen LogP contribution is 2.21. The van der Waals surface area contributed by atoms with Crippen molar-refractivity contribution >= 4 is 0 Å². The minimum Gasteiger partial charge on any atom is -0.288 e. The third kappa shape index (κ3) is 3.41. The van der Waals surface area contributed by atoms with Crippen molar-refractivity contribution in [2.24, 2.45) is 5.41 Å². The van der Waals surface area contributed by atoms with Gasteiger partial charge in [-0.05, 0) is 36.0 Å². The molecule has 0 radical (unpaired) electrons. The van der Waals surface area contributed by atoms with Crippen LogP contribution in [0.15, 0.2) is 36.9 Å². The van der Waals surface area contributed by atoms with Gasteiger partial charge < -0.3 is 0 Å². The molecule has 3 heteroatoms. The van der Waals surface area contributed by atoms with Crippen LogP contribution in [0.2, 0.25) is 0 Å². The van der Waals surface area contributed by atoms with Crippen molar-refractivity contribution in [2.45, 2.75) is 33.6 Å². The third-order valence-corrected chi connectivity index (χ3v) is 2.82. The lowest BCUT2D eigenvalue weighted by molar-refractivity contribution is 0.378. The van der Waals surface area contributed by atoms with Crippen molar-refractivity contribution in [2.75, 3.05) is 0 Å². The van der Waals surface area contributed by atoms with E-state index in [0.29, 0.717) is 5.41 Å². The lowest BCUT2D eigenvalue weighted by Gasteiger charge is -2.17. The molecule has 1 aromatic carbocycles. The van der Waals surface area contributed by atoms with Crippen LogP contribution in [0, 0.1) is 5.41 Å². The summed E-state index contributed by atoms with van der Waals surface area (Å²) in [5.74, 6) is 0. The molecule has 0 N–H and O–H groups in total. The minimum absolute atomic E-state index is 0.396. The van der Waals surface area contributed by atoms with Crippen molar-refractivity contribution < 1.29 is 0 Å². The van der Waals surface area contributed by atoms with Gasteiger partial charge in [0.2, 0.25) is 0 Å². The molecular weight excluding hydrogens is 210 g/mol. The minimum atomic E-state index is 0.396. The van der Waals surface area contributed by atoms with Gasteiger partial charge in [-0.25, -0.2) is 0 Å². The summed E-state index contributed by atoms with van der Waals surface area (Å²) in [4.78, 5) is 0. The van der Waals surface area contributed by atoms with Crippen molar-refractivity contribution in [3.8, 4) is 5.69 Å². The van der Waals surface area contributed by atoms with Crippen LogP contribution < -0.4 is 0 Å². The smallest absolute Gasteiger partial charge is 0.123 e. The maximum atomic E-state index is 3.80. The van der Waals surface area contributed by atoms with Crippen molar-refractivity contribution in [3.05, 3.63) is 42.5 Å². The first-order valence-corrected chi connectivity index (χ1v) is 5.98. The van der Waals surface area contributed by atoms with Gasteiger partial charge in [0, 0.05) is 5.69 Å². The first-order valence-electron chi connectivity index (χ1n) is 5.98. The van der Waals surface area contributed by atoms with E-state index in [1.807, 2.05) is 4.57 Å². The van der Waals surface area contributed by atoms with E-state index in [0.717, 1.165) is 12.1 Å². The normalized spacial score (nSPS) is 11.7. The molecule has 2 rings (SSSR count). The van der Waals surface area contributed by atoms with E-state index in [1.165, 1.54) is 12.0 Å². The fourth-order valence-corrected chi connectivity index (χ4v) is 1.69. The largest absolute Gasteiger partial charge is 0.288 e. The van der Waals surface area contributed by atoms with Crippen molar-refractivity contribution in [1.82, 2.24) is 14.8 Å². The molecule has 0 atom stereocenters. The van der Waals surface area contributed by atoms with Gasteiger partial charge in [-0.2, -0.15) is 0 Å². The summed E-state index contributed by atoms with van der Waals surface area (Å²) in [5.41, 5.74) is 2.89. The second-order valence-corrected chi connectivity index (χ2v) is 5.60. The molecule has 1 heterocycles. The van der Waals surface area contributed by atoms with Crippen LogP contribution in [-0.4, -0.2) is 14.8 Å². The summed E-state index contributed by atoms with van der Waals surface area (Å²) >= 11 is 0. The van der Waals surface area contributed by atoms with Gasteiger partial charge in [0.05, 0.1) is 0 Å². The zero-order valence-corrected chi connectivity index (χ0v) is 10.7. The van der Waals surface area contributed by atoms with Gasteiger partial charge in [0.1, 0.15) is 12.7 Å². The Morgan fingerprint density at radius 1 is 1.00 bits per heavy atom. The van der Waals surface area contributed by atoms with Crippen LogP contribution in [0.1, 0.15) is 32.8 Å². The molecule has 0 fully saturated rings. The molecule has 0 aliphatic rings. The summed E-state index contributed by atoms with van der Waals surface area (Å²) in [6, 6.07) is 8.59. The standard InChI is InChI=1S/C14H19N3/c1-14(2,3)9-8-12-4-6-13(7-5-12)17-10-15-16-11-17/h4-7,10-11H,8-9H2,1-3H3. The molecule has 3 nitrogen and oxygen atoms in total. The molecule has 0 aliphatic carbocycles. The van der Waals surface area contributed by atoms with Crippen LogP contribution in [0.25, 0.3) is 5.69 Å². The Bertz CT molecular complexity index is 449. The van der Waals surface area contributed by atoms with Crippen molar-refractivity contribution in [1.29, 1.82) is 0 Å². The Hall–Kier alpha value is -1.64. The highest BCUT2D eigenvalue weighted by Gasteiger charge is 2.09. The molecule has 0 bridgehead atoms. The van der Waals surface area contributed by atoms with E-state index in [-0.39, 0.29) is 0 Å². The summed E-state index contributed by atoms with van der Waals surface area (Å²) < 4.78 is 1.91. The van der Waals surface area contributed by atoms with Gasteiger partial charge >= 0.3 is 0 Å². The van der Waals surface area contributed by atoms with E-state index >= 15 is 0 Å². The van der Waals surface area contributed by atoms with Crippen molar-refractivity contribution in [3.63, 3.8) is 0 Å². The topological polar surface area (TPSA) is 30.7 Å². The zero-order valence-electron chi connectivity index (χ0n) is 10.7. The molecule has 0 saturated carbocycles. The number of rotatable bonds is 3. The highest BCUT2D eigenvalue weighted by molar-refractivity contribution is 5.34. The second kappa shape index (κ2) is 4.70. The van der Waals surface area contributed by atoms with E-state index in [1.54, 1.807) is 12.7 Å². The van der Waals surface area contributed by atoms with E-state index in [4.69, 9.17) is 0 Å². The predicted octanol–water partition coefficient (Wildman–Crippen LogP) is 3.25. The number of hydrogen-bond acceptors (Lipinski definition) is 2. The van der Waals surface area contributed by atoms with Gasteiger partial charge in [0.15, 0.2) is 0 Å². The summed E-state index contributed by atoms with van der Waals surface area (Å²) in [7, 11) is 0. The molecule has 0 unspecified atom stereocenters. The monoisotopic (exact) mass is 229 g/mol. The number of aromatic nitrogens is 3. The second-order valence-electron chi connectivity index (χ2n) is 5.60. The maximum Gasteiger partial charge on any atom is 0.123 e. The lowest BCUT2D eigenvalue weighted by Crippen LogP contribution is -2.06. The molecule has 0 saturated heterocycles. The number of nitrogens with zero attached hydrogens (tertiary/aromatic N) is 3. The zero-order chi connectivity index (χ0) is 12.3. The van der Waals surface area contributed by atoms with Gasteiger partial charge in [-0.15, -0.1) is 10.2 Å². The number of aryl methyl sites for hydroxylation is 1. The van der Waals surface area contributed by atoms with Crippen LogP contribution in [0.3, 0.4) is 0 Å². The average molecular weight is 229 g/mol. The van der Waals surface area contributed by atoms with Crippen LogP contribution in [0.4, 0.5) is 0 Å². The Balaban J connectivity index is 2.04. The van der Waals surface area contributed by atoms with E-state index in [2.05, 4.69) is 55.2 Å². The molecule has 0 amide bonds. The quantitative estimate of drug-likeness (QED) is 0.809. The molecule has 17 heavy (non-hydrogen) atoms. The maximum absolute atomic E-state index is 3.80. The van der Waals surface area contributed by atoms with Gasteiger partial charge in [-0.3, -0.25) is 4.57 Å². The SMILES string of the molecule is CC(C)(C)CCc1ccc(-n2cnnc2)cc1. The first kappa shape index (κ1) is 11.8. The molecule has 0 spiro atoms. The van der Waals surface area contributed by atoms with Crippen LogP contribution >= 0.6 is 0 Å². The fraction of sp³-hybridized carbons (Fsp3) is 0.429. The summed E-state index contributed by atoms with van der Waals surface area (Å²) in [6.45, 7) is 6.83. The third-order valence-electron chi connectivity index (χ3n) is 2.82. The number of hydrogen-bond donors (Lipinski definition) is 0. The van der Waals surface area contributed by atoms with E-state index < -0.39 is 0 Å². The molecule has 2 aromatic rings. The Morgan fingerprint density at radius 2 is 1.59 bits per heavy atom. The average Bonchev–Trinajstić information content (AvgIpc) is 2.79. The molecule has 90 valence electrons. The predicted molar refractivity (Wildman–Crippen MR) is 69.1 cm³/mol. The van der Waals surface area contributed by atoms with Gasteiger partial charge in [0.25, 0.3) is 0 Å². The fourth-order valence-electron chi connectivity index (χ4n) is 1.69. The Labute approximate surface area is 103 Å². The van der Waals surface area contributed by atoms with Crippen LogP contribution in [0.5, 0.6) is 0 Å². The summed E-state index contributed by atoms with van der Waals surface area (Å²) in [5, 5.41) is 7.61.